The van der Waals surface area contributed by atoms with Crippen molar-refractivity contribution in [3.63, 3.8) is 0 Å². The average Bonchev–Trinajstić information content (AvgIpc) is 3.22. The first-order chi connectivity index (χ1) is 14.5. The molecule has 0 fully saturated rings. The van der Waals surface area contributed by atoms with Gasteiger partial charge in [-0.25, -0.2) is 4.79 Å². The summed E-state index contributed by atoms with van der Waals surface area (Å²) >= 11 is 0. The number of para-hydroxylation sites is 2. The van der Waals surface area contributed by atoms with E-state index >= 15 is 0 Å². The molecule has 0 aliphatic heterocycles. The number of carbonyl (C=O) groups excluding carboxylic acids is 2. The summed E-state index contributed by atoms with van der Waals surface area (Å²) < 4.78 is 44.9. The molecule has 0 radical (unpaired) electrons. The fraction of sp³-hybridized carbons (Fsp3) is 0.143. The fourth-order valence-electron chi connectivity index (χ4n) is 2.49. The summed E-state index contributed by atoms with van der Waals surface area (Å²) in [6, 6.07) is 15.1. The van der Waals surface area contributed by atoms with Gasteiger partial charge in [-0.2, -0.15) is 8.78 Å². The number of methoxy groups -OCH3 is 1. The zero-order valence-corrected chi connectivity index (χ0v) is 15.8. The van der Waals surface area contributed by atoms with Crippen molar-refractivity contribution in [2.75, 3.05) is 12.4 Å². The third-order valence-corrected chi connectivity index (χ3v) is 3.89. The van der Waals surface area contributed by atoms with Crippen molar-refractivity contribution >= 4 is 17.6 Å². The van der Waals surface area contributed by atoms with E-state index in [1.807, 2.05) is 0 Å². The summed E-state index contributed by atoms with van der Waals surface area (Å²) in [4.78, 5) is 23.8. The lowest BCUT2D eigenvalue weighted by molar-refractivity contribution is -0.0493. The topological polar surface area (TPSA) is 87.0 Å². The highest BCUT2D eigenvalue weighted by Gasteiger charge is 2.16. The Labute approximate surface area is 170 Å². The maximum Gasteiger partial charge on any atom is 0.387 e. The van der Waals surface area contributed by atoms with Gasteiger partial charge < -0.3 is 23.9 Å². The number of hydrogen-bond acceptors (Lipinski definition) is 6. The minimum Gasteiger partial charge on any atom is -0.486 e. The van der Waals surface area contributed by atoms with E-state index in [0.29, 0.717) is 17.1 Å². The van der Waals surface area contributed by atoms with E-state index in [-0.39, 0.29) is 23.8 Å². The van der Waals surface area contributed by atoms with Crippen molar-refractivity contribution in [3.05, 3.63) is 77.7 Å². The van der Waals surface area contributed by atoms with Gasteiger partial charge >= 0.3 is 12.6 Å². The number of hydrogen-bond donors (Lipinski definition) is 1. The monoisotopic (exact) mass is 417 g/mol. The van der Waals surface area contributed by atoms with Gasteiger partial charge in [0.15, 0.2) is 5.76 Å². The Morgan fingerprint density at radius 2 is 1.77 bits per heavy atom. The van der Waals surface area contributed by atoms with Crippen LogP contribution in [0.2, 0.25) is 0 Å². The van der Waals surface area contributed by atoms with Gasteiger partial charge in [0.05, 0.1) is 18.4 Å². The first-order valence-corrected chi connectivity index (χ1v) is 8.71. The van der Waals surface area contributed by atoms with Gasteiger partial charge in [-0.3, -0.25) is 4.79 Å². The van der Waals surface area contributed by atoms with Crippen LogP contribution in [0.5, 0.6) is 11.5 Å². The molecule has 0 aliphatic rings. The minimum atomic E-state index is -3.02. The van der Waals surface area contributed by atoms with Crippen LogP contribution in [0.25, 0.3) is 0 Å². The van der Waals surface area contributed by atoms with E-state index in [0.717, 1.165) is 0 Å². The first kappa shape index (κ1) is 20.8. The van der Waals surface area contributed by atoms with Crippen LogP contribution >= 0.6 is 0 Å². The molecule has 7 nitrogen and oxygen atoms in total. The van der Waals surface area contributed by atoms with Crippen LogP contribution in [-0.2, 0) is 11.3 Å². The van der Waals surface area contributed by atoms with Crippen LogP contribution < -0.4 is 14.8 Å². The summed E-state index contributed by atoms with van der Waals surface area (Å²) in [6.07, 6.45) is 0. The third-order valence-electron chi connectivity index (χ3n) is 3.89. The lowest BCUT2D eigenvalue weighted by Crippen LogP contribution is -2.13. The molecule has 0 aliphatic carbocycles. The second kappa shape index (κ2) is 9.55. The summed E-state index contributed by atoms with van der Waals surface area (Å²) in [5.74, 6) is -0.414. The number of anilines is 1. The molecule has 0 bridgehead atoms. The van der Waals surface area contributed by atoms with Crippen LogP contribution in [0.15, 0.2) is 65.1 Å². The van der Waals surface area contributed by atoms with Crippen molar-refractivity contribution in [2.45, 2.75) is 13.2 Å². The standard InChI is InChI=1S/C21H17F2NO6/c1-27-20(26)13-6-8-14(9-7-13)28-12-15-10-11-18(29-15)19(25)24-16-4-2-3-5-17(16)30-21(22)23/h2-11,21H,12H2,1H3,(H,24,25). The number of benzene rings is 2. The molecule has 3 aromatic rings. The molecule has 156 valence electrons. The molecule has 9 heteroatoms. The molecule has 30 heavy (non-hydrogen) atoms. The molecule has 0 unspecified atom stereocenters. The molecule has 1 amide bonds. The van der Waals surface area contributed by atoms with E-state index in [1.54, 1.807) is 36.4 Å². The van der Waals surface area contributed by atoms with Gasteiger partial charge in [-0.15, -0.1) is 0 Å². The van der Waals surface area contributed by atoms with Crippen molar-refractivity contribution in [2.24, 2.45) is 0 Å². The fourth-order valence-corrected chi connectivity index (χ4v) is 2.49. The lowest BCUT2D eigenvalue weighted by Gasteiger charge is -2.10. The van der Waals surface area contributed by atoms with Crippen LogP contribution in [0, 0.1) is 0 Å². The number of rotatable bonds is 8. The molecule has 1 N–H and O–H groups in total. The highest BCUT2D eigenvalue weighted by atomic mass is 19.3. The van der Waals surface area contributed by atoms with E-state index in [9.17, 15) is 18.4 Å². The average molecular weight is 417 g/mol. The maximum atomic E-state index is 12.5. The van der Waals surface area contributed by atoms with Gasteiger partial charge in [0.2, 0.25) is 0 Å². The van der Waals surface area contributed by atoms with Crippen molar-refractivity contribution < 1.29 is 37.0 Å². The van der Waals surface area contributed by atoms with Crippen LogP contribution in [0.1, 0.15) is 26.7 Å². The van der Waals surface area contributed by atoms with Gasteiger partial charge in [0, 0.05) is 0 Å². The van der Waals surface area contributed by atoms with E-state index in [4.69, 9.17) is 9.15 Å². The zero-order chi connectivity index (χ0) is 21.5. The molecule has 0 spiro atoms. The van der Waals surface area contributed by atoms with Gasteiger partial charge in [-0.05, 0) is 48.5 Å². The smallest absolute Gasteiger partial charge is 0.387 e. The molecular weight excluding hydrogens is 400 g/mol. The lowest BCUT2D eigenvalue weighted by atomic mass is 10.2. The second-order valence-electron chi connectivity index (χ2n) is 5.90. The molecule has 1 aromatic heterocycles. The number of ether oxygens (including phenoxy) is 3. The Bertz CT molecular complexity index is 1020. The number of furan rings is 1. The summed E-state index contributed by atoms with van der Waals surface area (Å²) in [5.41, 5.74) is 0.473. The second-order valence-corrected chi connectivity index (χ2v) is 5.90. The number of alkyl halides is 2. The number of amides is 1. The van der Waals surface area contributed by atoms with Crippen LogP contribution in [0.4, 0.5) is 14.5 Å². The van der Waals surface area contributed by atoms with Crippen molar-refractivity contribution in [1.29, 1.82) is 0 Å². The Morgan fingerprint density at radius 3 is 2.47 bits per heavy atom. The molecule has 1 heterocycles. The SMILES string of the molecule is COC(=O)c1ccc(OCc2ccc(C(=O)Nc3ccccc3OC(F)F)o2)cc1. The quantitative estimate of drug-likeness (QED) is 0.543. The van der Waals surface area contributed by atoms with Crippen LogP contribution in [0.3, 0.4) is 0 Å². The van der Waals surface area contributed by atoms with E-state index in [2.05, 4.69) is 14.8 Å². The molecule has 0 atom stereocenters. The summed E-state index contributed by atoms with van der Waals surface area (Å²) in [7, 11) is 1.29. The number of carbonyl (C=O) groups is 2. The summed E-state index contributed by atoms with van der Waals surface area (Å²) in [5, 5.41) is 2.47. The molecule has 2 aromatic carbocycles. The third kappa shape index (κ3) is 5.34. The van der Waals surface area contributed by atoms with Crippen molar-refractivity contribution in [3.8, 4) is 11.5 Å². The maximum absolute atomic E-state index is 12.5. The Balaban J connectivity index is 1.60. The van der Waals surface area contributed by atoms with Gasteiger partial charge in [0.25, 0.3) is 5.91 Å². The normalized spacial score (nSPS) is 10.5. The van der Waals surface area contributed by atoms with Crippen LogP contribution in [-0.4, -0.2) is 25.6 Å². The number of nitrogens with one attached hydrogen (secondary N) is 1. The predicted octanol–water partition coefficient (Wildman–Crippen LogP) is 4.50. The molecular formula is C21H17F2NO6. The van der Waals surface area contributed by atoms with E-state index < -0.39 is 18.5 Å². The molecule has 0 saturated heterocycles. The minimum absolute atomic E-state index is 0.0264. The highest BCUT2D eigenvalue weighted by molar-refractivity contribution is 6.03. The zero-order valence-electron chi connectivity index (χ0n) is 15.8. The largest absolute Gasteiger partial charge is 0.486 e. The predicted molar refractivity (Wildman–Crippen MR) is 102 cm³/mol. The van der Waals surface area contributed by atoms with Gasteiger partial charge in [-0.1, -0.05) is 12.1 Å². The van der Waals surface area contributed by atoms with E-state index in [1.165, 1.54) is 31.4 Å². The first-order valence-electron chi connectivity index (χ1n) is 8.71. The molecule has 3 rings (SSSR count). The highest BCUT2D eigenvalue weighted by Crippen LogP contribution is 2.26. The molecule has 0 saturated carbocycles. The van der Waals surface area contributed by atoms with Gasteiger partial charge in [0.1, 0.15) is 23.9 Å². The Kier molecular flexibility index (Phi) is 6.63. The number of esters is 1. The number of halogens is 2. The van der Waals surface area contributed by atoms with Crippen molar-refractivity contribution in [1.82, 2.24) is 0 Å². The summed E-state index contributed by atoms with van der Waals surface area (Å²) in [6.45, 7) is -2.98. The Morgan fingerprint density at radius 1 is 1.03 bits per heavy atom. The Hall–Kier alpha value is -3.88.